The van der Waals surface area contributed by atoms with E-state index in [9.17, 15) is 0 Å². The van der Waals surface area contributed by atoms with Crippen molar-refractivity contribution in [1.82, 2.24) is 14.4 Å². The van der Waals surface area contributed by atoms with Crippen LogP contribution in [-0.2, 0) is 13.0 Å². The third kappa shape index (κ3) is 6.00. The van der Waals surface area contributed by atoms with Crippen LogP contribution in [0.3, 0.4) is 0 Å². The van der Waals surface area contributed by atoms with Crippen molar-refractivity contribution in [1.29, 1.82) is 0 Å². The molecule has 3 nitrogen and oxygen atoms in total. The maximum absolute atomic E-state index is 4.18. The Morgan fingerprint density at radius 3 is 2.18 bits per heavy atom. The summed E-state index contributed by atoms with van der Waals surface area (Å²) in [4.78, 5) is 5.22. The minimum absolute atomic E-state index is 0.657. The molecule has 1 saturated heterocycles. The average Bonchev–Trinajstić information content (AvgIpc) is 3.14. The molecule has 1 aliphatic heterocycles. The maximum Gasteiger partial charge on any atom is 0.0485 e. The minimum Gasteiger partial charge on any atom is -0.343 e. The molecule has 0 radical (unpaired) electrons. The zero-order valence-electron chi connectivity index (χ0n) is 22.4. The van der Waals surface area contributed by atoms with Gasteiger partial charge in [-0.2, -0.15) is 0 Å². The van der Waals surface area contributed by atoms with E-state index in [1.165, 1.54) is 65.0 Å². The maximum atomic E-state index is 4.18. The van der Waals surface area contributed by atoms with Crippen LogP contribution in [0.15, 0.2) is 55.1 Å². The van der Waals surface area contributed by atoms with Crippen molar-refractivity contribution in [2.24, 2.45) is 0 Å². The van der Waals surface area contributed by atoms with Gasteiger partial charge in [-0.1, -0.05) is 69.8 Å². The topological polar surface area (TPSA) is 11.4 Å². The number of hydrogen-bond donors (Lipinski definition) is 0. The van der Waals surface area contributed by atoms with Crippen molar-refractivity contribution in [2.75, 3.05) is 32.7 Å². The van der Waals surface area contributed by atoms with Crippen molar-refractivity contribution < 1.29 is 0 Å². The van der Waals surface area contributed by atoms with Gasteiger partial charge in [-0.15, -0.1) is 0 Å². The van der Waals surface area contributed by atoms with E-state index in [-0.39, 0.29) is 0 Å². The van der Waals surface area contributed by atoms with E-state index >= 15 is 0 Å². The molecule has 2 heterocycles. The van der Waals surface area contributed by atoms with Crippen LogP contribution in [0, 0.1) is 6.92 Å². The first-order chi connectivity index (χ1) is 16.5. The lowest BCUT2D eigenvalue weighted by atomic mass is 9.98. The van der Waals surface area contributed by atoms with Gasteiger partial charge in [0.15, 0.2) is 0 Å². The van der Waals surface area contributed by atoms with Crippen LogP contribution in [-0.4, -0.2) is 53.1 Å². The highest BCUT2D eigenvalue weighted by atomic mass is 15.3. The number of aromatic nitrogens is 1. The quantitative estimate of drug-likeness (QED) is 0.359. The Morgan fingerprint density at radius 1 is 0.912 bits per heavy atom. The third-order valence-corrected chi connectivity index (χ3v) is 7.31. The van der Waals surface area contributed by atoms with Crippen LogP contribution >= 0.6 is 0 Å². The van der Waals surface area contributed by atoms with Gasteiger partial charge in [0.05, 0.1) is 0 Å². The Hall–Kier alpha value is -2.36. The first kappa shape index (κ1) is 26.2. The zero-order valence-corrected chi connectivity index (χ0v) is 22.4. The Labute approximate surface area is 208 Å². The van der Waals surface area contributed by atoms with E-state index in [0.29, 0.717) is 6.04 Å². The van der Waals surface area contributed by atoms with Gasteiger partial charge in [0, 0.05) is 61.9 Å². The molecule has 0 atom stereocenters. The van der Waals surface area contributed by atoms with Crippen LogP contribution in [0.1, 0.15) is 63.4 Å². The Balaban J connectivity index is 0.00000158. The van der Waals surface area contributed by atoms with Crippen LogP contribution in [0.25, 0.3) is 16.5 Å². The lowest BCUT2D eigenvalue weighted by Gasteiger charge is -2.37. The third-order valence-electron chi connectivity index (χ3n) is 7.31. The van der Waals surface area contributed by atoms with Crippen molar-refractivity contribution in [3.05, 3.63) is 77.5 Å². The normalized spacial score (nSPS) is 14.9. The minimum atomic E-state index is 0.657. The summed E-state index contributed by atoms with van der Waals surface area (Å²) in [6, 6.07) is 18.6. The van der Waals surface area contributed by atoms with Gasteiger partial charge in [0.1, 0.15) is 0 Å². The molecule has 1 aromatic heterocycles. The predicted molar refractivity (Wildman–Crippen MR) is 150 cm³/mol. The number of allylic oxidation sites excluding steroid dienone is 1. The van der Waals surface area contributed by atoms with Gasteiger partial charge in [-0.25, -0.2) is 0 Å². The van der Waals surface area contributed by atoms with Gasteiger partial charge >= 0.3 is 0 Å². The fourth-order valence-electron chi connectivity index (χ4n) is 5.03. The van der Waals surface area contributed by atoms with Crippen molar-refractivity contribution in [3.63, 3.8) is 0 Å². The van der Waals surface area contributed by atoms with E-state index in [4.69, 9.17) is 0 Å². The molecule has 34 heavy (non-hydrogen) atoms. The summed E-state index contributed by atoms with van der Waals surface area (Å²) in [5, 5.41) is 1.40. The number of benzene rings is 2. The summed E-state index contributed by atoms with van der Waals surface area (Å²) in [6.45, 7) is 24.2. The SMILES string of the molecule is C=C(CC)c1ccc(Cc2c(C)n(CCN3CCN(C(C)C)CC3)c3ccccc23)cc1.CC. The number of nitrogens with zero attached hydrogens (tertiary/aromatic N) is 3. The molecule has 0 spiro atoms. The zero-order chi connectivity index (χ0) is 24.7. The van der Waals surface area contributed by atoms with E-state index in [2.05, 4.69) is 97.2 Å². The number of para-hydroxylation sites is 1. The summed E-state index contributed by atoms with van der Waals surface area (Å²) in [5.41, 5.74) is 8.08. The molecule has 3 aromatic rings. The predicted octanol–water partition coefficient (Wildman–Crippen LogP) is 7.02. The van der Waals surface area contributed by atoms with Crippen molar-refractivity contribution in [2.45, 2.75) is 67.0 Å². The molecule has 0 unspecified atom stereocenters. The van der Waals surface area contributed by atoms with Crippen LogP contribution < -0.4 is 0 Å². The molecule has 1 aliphatic rings. The Kier molecular flexibility index (Phi) is 9.55. The van der Waals surface area contributed by atoms with Crippen molar-refractivity contribution in [3.8, 4) is 0 Å². The summed E-state index contributed by atoms with van der Waals surface area (Å²) >= 11 is 0. The number of fused-ring (bicyclic) bond motifs is 1. The summed E-state index contributed by atoms with van der Waals surface area (Å²) < 4.78 is 2.55. The highest BCUT2D eigenvalue weighted by Gasteiger charge is 2.20. The van der Waals surface area contributed by atoms with Crippen LogP contribution in [0.5, 0.6) is 0 Å². The number of rotatable bonds is 8. The molecule has 0 saturated carbocycles. The van der Waals surface area contributed by atoms with E-state index < -0.39 is 0 Å². The van der Waals surface area contributed by atoms with Crippen molar-refractivity contribution >= 4 is 16.5 Å². The lowest BCUT2D eigenvalue weighted by Crippen LogP contribution is -2.49. The van der Waals surface area contributed by atoms with Gasteiger partial charge in [-0.3, -0.25) is 9.80 Å². The molecule has 0 N–H and O–H groups in total. The molecule has 0 amide bonds. The van der Waals surface area contributed by atoms with Gasteiger partial charge in [-0.05, 0) is 61.9 Å². The number of piperazine rings is 1. The summed E-state index contributed by atoms with van der Waals surface area (Å²) in [5.74, 6) is 0. The largest absolute Gasteiger partial charge is 0.343 e. The summed E-state index contributed by atoms with van der Waals surface area (Å²) in [7, 11) is 0. The average molecular weight is 460 g/mol. The van der Waals surface area contributed by atoms with Crippen LogP contribution in [0.2, 0.25) is 0 Å². The molecule has 184 valence electrons. The summed E-state index contributed by atoms with van der Waals surface area (Å²) in [6.07, 6.45) is 1.98. The van der Waals surface area contributed by atoms with E-state index in [0.717, 1.165) is 25.9 Å². The molecule has 1 fully saturated rings. The van der Waals surface area contributed by atoms with Gasteiger partial charge in [0.2, 0.25) is 0 Å². The Morgan fingerprint density at radius 2 is 1.56 bits per heavy atom. The monoisotopic (exact) mass is 459 g/mol. The van der Waals surface area contributed by atoms with E-state index in [1.54, 1.807) is 0 Å². The molecule has 0 bridgehead atoms. The second kappa shape index (κ2) is 12.4. The highest BCUT2D eigenvalue weighted by Crippen LogP contribution is 2.29. The lowest BCUT2D eigenvalue weighted by molar-refractivity contribution is 0.106. The first-order valence-corrected chi connectivity index (χ1v) is 13.3. The fourth-order valence-corrected chi connectivity index (χ4v) is 5.03. The Bertz CT molecular complexity index is 1050. The highest BCUT2D eigenvalue weighted by molar-refractivity contribution is 5.86. The molecule has 4 rings (SSSR count). The van der Waals surface area contributed by atoms with Gasteiger partial charge < -0.3 is 4.57 Å². The fraction of sp³-hybridized carbons (Fsp3) is 0.484. The second-order valence-corrected chi connectivity index (χ2v) is 9.53. The molecule has 0 aliphatic carbocycles. The van der Waals surface area contributed by atoms with Crippen LogP contribution in [0.4, 0.5) is 0 Å². The number of hydrogen-bond acceptors (Lipinski definition) is 2. The standard InChI is InChI=1S/C29H39N3.C2H6/c1-6-23(4)26-13-11-25(12-14-26)21-28-24(5)32(29-10-8-7-9-27(28)29)20-17-30-15-18-31(19-16-30)22(2)3;1-2/h7-14,22H,4,6,15-21H2,1-3,5H3;1-2H3. The first-order valence-electron chi connectivity index (χ1n) is 13.3. The molecule has 3 heteroatoms. The van der Waals surface area contributed by atoms with E-state index in [1.807, 2.05) is 13.8 Å². The smallest absolute Gasteiger partial charge is 0.0485 e. The molecular formula is C31H45N3. The van der Waals surface area contributed by atoms with Gasteiger partial charge in [0.25, 0.3) is 0 Å². The second-order valence-electron chi connectivity index (χ2n) is 9.53. The molecular weight excluding hydrogens is 414 g/mol. The molecule has 2 aromatic carbocycles.